The van der Waals surface area contributed by atoms with Gasteiger partial charge in [-0.05, 0) is 18.4 Å². The van der Waals surface area contributed by atoms with Gasteiger partial charge in [0.15, 0.2) is 0 Å². The molecule has 4 heteroatoms. The Bertz CT molecular complexity index is 421. The molecular weight excluding hydrogens is 228 g/mol. The number of benzene rings is 1. The number of carbonyl (C=O) groups is 1. The Morgan fingerprint density at radius 1 is 1.33 bits per heavy atom. The summed E-state index contributed by atoms with van der Waals surface area (Å²) in [7, 11) is 0. The highest BCUT2D eigenvalue weighted by Crippen LogP contribution is 2.38. The summed E-state index contributed by atoms with van der Waals surface area (Å²) in [4.78, 5) is 11.7. The number of hydrogen-bond acceptors (Lipinski definition) is 2. The van der Waals surface area contributed by atoms with Crippen molar-refractivity contribution in [2.75, 3.05) is 6.61 Å². The first-order valence-electron chi connectivity index (χ1n) is 6.53. The van der Waals surface area contributed by atoms with Crippen LogP contribution >= 0.6 is 0 Å². The van der Waals surface area contributed by atoms with E-state index in [0.717, 1.165) is 25.0 Å². The van der Waals surface area contributed by atoms with Crippen LogP contribution < -0.4 is 10.6 Å². The summed E-state index contributed by atoms with van der Waals surface area (Å²) in [5.74, 6) is 0.535. The minimum atomic E-state index is -0.0748. The van der Waals surface area contributed by atoms with Gasteiger partial charge in [-0.1, -0.05) is 30.3 Å². The predicted octanol–water partition coefficient (Wildman–Crippen LogP) is 1.66. The number of ether oxygens (including phenoxy) is 1. The van der Waals surface area contributed by atoms with Crippen LogP contribution in [0.2, 0.25) is 0 Å². The van der Waals surface area contributed by atoms with E-state index in [1.165, 1.54) is 0 Å². The van der Waals surface area contributed by atoms with E-state index >= 15 is 0 Å². The van der Waals surface area contributed by atoms with Crippen LogP contribution in [0.1, 0.15) is 18.4 Å². The van der Waals surface area contributed by atoms with Gasteiger partial charge in [0, 0.05) is 25.1 Å². The molecule has 4 nitrogen and oxygen atoms in total. The molecule has 1 aliphatic carbocycles. The molecule has 2 aliphatic rings. The minimum absolute atomic E-state index is 0.0748. The average molecular weight is 246 g/mol. The Morgan fingerprint density at radius 3 is 2.94 bits per heavy atom. The van der Waals surface area contributed by atoms with Crippen molar-refractivity contribution in [1.29, 1.82) is 0 Å². The molecule has 1 aliphatic heterocycles. The fourth-order valence-corrected chi connectivity index (χ4v) is 2.76. The summed E-state index contributed by atoms with van der Waals surface area (Å²) in [5.41, 5.74) is 1.11. The molecule has 1 saturated carbocycles. The van der Waals surface area contributed by atoms with Crippen LogP contribution in [0.25, 0.3) is 0 Å². The minimum Gasteiger partial charge on any atom is -0.378 e. The molecule has 96 valence electrons. The van der Waals surface area contributed by atoms with Crippen LogP contribution in [0.3, 0.4) is 0 Å². The molecule has 1 aromatic rings. The fraction of sp³-hybridized carbons (Fsp3) is 0.500. The van der Waals surface area contributed by atoms with Crippen LogP contribution in [-0.2, 0) is 11.3 Å². The van der Waals surface area contributed by atoms with Gasteiger partial charge in [0.25, 0.3) is 0 Å². The highest BCUT2D eigenvalue weighted by molar-refractivity contribution is 5.74. The maximum Gasteiger partial charge on any atom is 0.315 e. The zero-order chi connectivity index (χ0) is 12.4. The largest absolute Gasteiger partial charge is 0.378 e. The van der Waals surface area contributed by atoms with Crippen molar-refractivity contribution in [3.05, 3.63) is 35.9 Å². The number of amides is 2. The summed E-state index contributed by atoms with van der Waals surface area (Å²) in [6.45, 7) is 1.42. The predicted molar refractivity (Wildman–Crippen MR) is 68.1 cm³/mol. The third-order valence-electron chi connectivity index (χ3n) is 3.88. The van der Waals surface area contributed by atoms with Crippen LogP contribution in [0, 0.1) is 5.92 Å². The Labute approximate surface area is 107 Å². The first-order valence-corrected chi connectivity index (χ1v) is 6.53. The monoisotopic (exact) mass is 246 g/mol. The highest BCUT2D eigenvalue weighted by Gasteiger charge is 2.45. The topological polar surface area (TPSA) is 50.4 Å². The lowest BCUT2D eigenvalue weighted by Gasteiger charge is -2.39. The van der Waals surface area contributed by atoms with Gasteiger partial charge in [-0.15, -0.1) is 0 Å². The van der Waals surface area contributed by atoms with Gasteiger partial charge < -0.3 is 15.4 Å². The second-order valence-electron chi connectivity index (χ2n) is 5.02. The van der Waals surface area contributed by atoms with E-state index in [-0.39, 0.29) is 6.03 Å². The van der Waals surface area contributed by atoms with E-state index in [4.69, 9.17) is 4.74 Å². The molecule has 1 aromatic carbocycles. The maximum absolute atomic E-state index is 11.7. The van der Waals surface area contributed by atoms with Crippen molar-refractivity contribution in [2.24, 2.45) is 5.92 Å². The van der Waals surface area contributed by atoms with Crippen LogP contribution in [0.15, 0.2) is 30.3 Å². The van der Waals surface area contributed by atoms with Gasteiger partial charge in [-0.2, -0.15) is 0 Å². The lowest BCUT2D eigenvalue weighted by molar-refractivity contribution is 0.0109. The Balaban J connectivity index is 1.43. The van der Waals surface area contributed by atoms with Crippen LogP contribution in [0.4, 0.5) is 4.79 Å². The molecule has 0 aromatic heterocycles. The van der Waals surface area contributed by atoms with Gasteiger partial charge in [-0.25, -0.2) is 4.79 Å². The van der Waals surface area contributed by atoms with Gasteiger partial charge in [0.05, 0.1) is 6.10 Å². The highest BCUT2D eigenvalue weighted by atomic mass is 16.5. The molecule has 0 radical (unpaired) electrons. The van der Waals surface area contributed by atoms with Crippen LogP contribution in [0.5, 0.6) is 0 Å². The second kappa shape index (κ2) is 4.98. The molecule has 0 bridgehead atoms. The standard InChI is InChI=1S/C14H18N2O2/c17-14(15-9-10-4-2-1-3-5-10)16-12-8-13-11(12)6-7-18-13/h1-5,11-13H,6-9H2,(H2,15,16,17)/t11-,12-,13+/m1/s1. The third kappa shape index (κ3) is 2.34. The first-order chi connectivity index (χ1) is 8.83. The zero-order valence-corrected chi connectivity index (χ0v) is 10.3. The average Bonchev–Trinajstić information content (AvgIpc) is 2.76. The van der Waals surface area contributed by atoms with Gasteiger partial charge >= 0.3 is 6.03 Å². The quantitative estimate of drug-likeness (QED) is 0.852. The van der Waals surface area contributed by atoms with E-state index in [0.29, 0.717) is 24.6 Å². The summed E-state index contributed by atoms with van der Waals surface area (Å²) >= 11 is 0. The molecule has 3 atom stereocenters. The summed E-state index contributed by atoms with van der Waals surface area (Å²) in [6, 6.07) is 10.2. The smallest absolute Gasteiger partial charge is 0.315 e. The van der Waals surface area contributed by atoms with Crippen molar-refractivity contribution in [2.45, 2.75) is 31.5 Å². The second-order valence-corrected chi connectivity index (χ2v) is 5.02. The van der Waals surface area contributed by atoms with Crippen LogP contribution in [-0.4, -0.2) is 24.8 Å². The SMILES string of the molecule is O=C(NCc1ccccc1)N[C@@H]1C[C@@H]2OCC[C@@H]21. The number of nitrogens with one attached hydrogen (secondary N) is 2. The van der Waals surface area contributed by atoms with Crippen molar-refractivity contribution in [3.8, 4) is 0 Å². The molecule has 2 amide bonds. The molecule has 1 heterocycles. The van der Waals surface area contributed by atoms with E-state index in [2.05, 4.69) is 10.6 Å². The van der Waals surface area contributed by atoms with Gasteiger partial charge in [0.2, 0.25) is 0 Å². The number of hydrogen-bond donors (Lipinski definition) is 2. The van der Waals surface area contributed by atoms with Gasteiger partial charge in [-0.3, -0.25) is 0 Å². The number of carbonyl (C=O) groups excluding carboxylic acids is 1. The third-order valence-corrected chi connectivity index (χ3v) is 3.88. The first kappa shape index (κ1) is 11.5. The van der Waals surface area contributed by atoms with Crippen molar-refractivity contribution < 1.29 is 9.53 Å². The molecular formula is C14H18N2O2. The lowest BCUT2D eigenvalue weighted by atomic mass is 9.76. The number of fused-ring (bicyclic) bond motifs is 1. The van der Waals surface area contributed by atoms with Crippen molar-refractivity contribution in [3.63, 3.8) is 0 Å². The molecule has 0 spiro atoms. The Morgan fingerprint density at radius 2 is 2.17 bits per heavy atom. The van der Waals surface area contributed by atoms with Crippen molar-refractivity contribution >= 4 is 6.03 Å². The molecule has 2 N–H and O–H groups in total. The molecule has 1 saturated heterocycles. The van der Waals surface area contributed by atoms with E-state index in [1.807, 2.05) is 30.3 Å². The Kier molecular flexibility index (Phi) is 3.19. The molecule has 3 rings (SSSR count). The molecule has 2 fully saturated rings. The Hall–Kier alpha value is -1.55. The summed E-state index contributed by atoms with van der Waals surface area (Å²) in [5, 5.41) is 5.92. The van der Waals surface area contributed by atoms with Gasteiger partial charge in [0.1, 0.15) is 0 Å². The van der Waals surface area contributed by atoms with E-state index in [1.54, 1.807) is 0 Å². The zero-order valence-electron chi connectivity index (χ0n) is 10.3. The summed E-state index contributed by atoms with van der Waals surface area (Å²) in [6.07, 6.45) is 2.43. The number of rotatable bonds is 3. The molecule has 0 unspecified atom stereocenters. The lowest BCUT2D eigenvalue weighted by Crippen LogP contribution is -2.55. The van der Waals surface area contributed by atoms with E-state index in [9.17, 15) is 4.79 Å². The number of urea groups is 1. The maximum atomic E-state index is 11.7. The fourth-order valence-electron chi connectivity index (χ4n) is 2.76. The van der Waals surface area contributed by atoms with Crippen molar-refractivity contribution in [1.82, 2.24) is 10.6 Å². The normalized spacial score (nSPS) is 29.2. The summed E-state index contributed by atoms with van der Waals surface area (Å²) < 4.78 is 5.52. The molecule has 18 heavy (non-hydrogen) atoms. The van der Waals surface area contributed by atoms with E-state index < -0.39 is 0 Å².